The van der Waals surface area contributed by atoms with Crippen molar-refractivity contribution in [1.82, 2.24) is 15.2 Å². The van der Waals surface area contributed by atoms with E-state index in [0.717, 1.165) is 0 Å². The topological polar surface area (TPSA) is 106 Å². The number of thioether (sulfide) groups is 1. The lowest BCUT2D eigenvalue weighted by molar-refractivity contribution is 0.0525. The van der Waals surface area contributed by atoms with Gasteiger partial charge in [-0.25, -0.2) is 4.79 Å². The first kappa shape index (κ1) is 21.4. The summed E-state index contributed by atoms with van der Waals surface area (Å²) in [6.07, 6.45) is 0. The Morgan fingerprint density at radius 1 is 1.33 bits per heavy atom. The fourth-order valence-electron chi connectivity index (χ4n) is 2.50. The zero-order valence-electron chi connectivity index (χ0n) is 16.0. The van der Waals surface area contributed by atoms with Crippen LogP contribution < -0.4 is 5.32 Å². The quantitative estimate of drug-likeness (QED) is 0.265. The monoisotopic (exact) mass is 412 g/mol. The molecule has 2 N–H and O–H groups in total. The Morgan fingerprint density at radius 3 is 2.74 bits per heavy atom. The minimum Gasteiger partial charge on any atom is -0.462 e. The van der Waals surface area contributed by atoms with E-state index in [2.05, 4.69) is 20.5 Å². The van der Waals surface area contributed by atoms with Crippen molar-refractivity contribution in [3.63, 3.8) is 0 Å². The van der Waals surface area contributed by atoms with Gasteiger partial charge in [-0.2, -0.15) is 0 Å². The van der Waals surface area contributed by atoms with Gasteiger partial charge in [-0.05, 0) is 33.3 Å². The summed E-state index contributed by atoms with van der Waals surface area (Å²) in [5.74, 6) is -0.515. The molecular formula is C17H24N4O4S2. The van der Waals surface area contributed by atoms with E-state index < -0.39 is 5.97 Å². The van der Waals surface area contributed by atoms with Crippen molar-refractivity contribution in [3.05, 3.63) is 22.5 Å². The van der Waals surface area contributed by atoms with Crippen molar-refractivity contribution in [3.8, 4) is 0 Å². The van der Waals surface area contributed by atoms with Gasteiger partial charge in [0.25, 0.3) is 0 Å². The van der Waals surface area contributed by atoms with E-state index >= 15 is 0 Å². The van der Waals surface area contributed by atoms with Crippen LogP contribution in [0.4, 0.5) is 5.13 Å². The molecule has 2 heterocycles. The van der Waals surface area contributed by atoms with Crippen molar-refractivity contribution in [2.75, 3.05) is 32.2 Å². The lowest BCUT2D eigenvalue weighted by atomic mass is 10.1. The van der Waals surface area contributed by atoms with Crippen LogP contribution in [-0.4, -0.2) is 59.1 Å². The van der Waals surface area contributed by atoms with E-state index in [-0.39, 0.29) is 17.6 Å². The van der Waals surface area contributed by atoms with E-state index in [0.29, 0.717) is 45.1 Å². The molecule has 0 aromatic carbocycles. The van der Waals surface area contributed by atoms with E-state index in [4.69, 9.17) is 9.47 Å². The average Bonchev–Trinajstić information content (AvgIpc) is 3.18. The van der Waals surface area contributed by atoms with E-state index in [1.54, 1.807) is 27.9 Å². The zero-order valence-corrected chi connectivity index (χ0v) is 17.7. The number of anilines is 1. The van der Waals surface area contributed by atoms with Crippen LogP contribution in [0.15, 0.2) is 4.34 Å². The predicted molar refractivity (Wildman–Crippen MR) is 106 cm³/mol. The van der Waals surface area contributed by atoms with Gasteiger partial charge in [0.1, 0.15) is 0 Å². The fraction of sp³-hybridized carbons (Fsp3) is 0.529. The summed E-state index contributed by atoms with van der Waals surface area (Å²) in [5.41, 5.74) is 2.10. The number of aromatic amines is 1. The molecule has 0 amide bonds. The number of carbonyl (C=O) groups is 2. The number of esters is 1. The summed E-state index contributed by atoms with van der Waals surface area (Å²) in [6.45, 7) is 8.58. The number of carbonyl (C=O) groups excluding carboxylic acids is 2. The first-order valence-electron chi connectivity index (χ1n) is 8.52. The number of hydrogen-bond acceptors (Lipinski definition) is 9. The normalized spacial score (nSPS) is 12.0. The molecule has 2 aromatic rings. The predicted octanol–water partition coefficient (Wildman–Crippen LogP) is 3.08. The molecule has 0 saturated heterocycles. The van der Waals surface area contributed by atoms with Crippen LogP contribution >= 0.6 is 23.1 Å². The molecule has 1 atom stereocenters. The average molecular weight is 413 g/mol. The number of nitrogens with zero attached hydrogens (tertiary/aromatic N) is 2. The van der Waals surface area contributed by atoms with Crippen molar-refractivity contribution in [1.29, 1.82) is 0 Å². The van der Waals surface area contributed by atoms with E-state index in [1.165, 1.54) is 23.1 Å². The Bertz CT molecular complexity index is 803. The van der Waals surface area contributed by atoms with Crippen molar-refractivity contribution in [2.45, 2.75) is 37.3 Å². The van der Waals surface area contributed by atoms with Gasteiger partial charge in [0.05, 0.1) is 29.7 Å². The van der Waals surface area contributed by atoms with Gasteiger partial charge in [-0.3, -0.25) is 4.79 Å². The number of methoxy groups -OCH3 is 1. The minimum atomic E-state index is -0.418. The summed E-state index contributed by atoms with van der Waals surface area (Å²) < 4.78 is 10.7. The number of ether oxygens (including phenoxy) is 2. The van der Waals surface area contributed by atoms with Crippen LogP contribution in [0, 0.1) is 13.8 Å². The van der Waals surface area contributed by atoms with Gasteiger partial charge in [0.2, 0.25) is 5.13 Å². The number of aryl methyl sites for hydroxylation is 1. The van der Waals surface area contributed by atoms with Crippen LogP contribution in [0.3, 0.4) is 0 Å². The van der Waals surface area contributed by atoms with Crippen molar-refractivity contribution >= 4 is 40.0 Å². The third-order valence-corrected chi connectivity index (χ3v) is 5.86. The molecule has 0 radical (unpaired) electrons. The first-order chi connectivity index (χ1) is 12.9. The zero-order chi connectivity index (χ0) is 20.0. The molecule has 0 saturated carbocycles. The standard InChI is InChI=1S/C17H24N4O4S2/c1-6-25-15(23)12-9(2)13(19-10(12)3)14(22)11(4)26-17-21-20-16(27-17)18-7-8-24-5/h11,19H,6-8H2,1-5H3,(H,18,20)/t11-/m0/s1. The molecule has 0 aliphatic rings. The van der Waals surface area contributed by atoms with Crippen LogP contribution in [0.2, 0.25) is 0 Å². The van der Waals surface area contributed by atoms with Crippen molar-refractivity contribution < 1.29 is 19.1 Å². The summed E-state index contributed by atoms with van der Waals surface area (Å²) in [6, 6.07) is 0. The Balaban J connectivity index is 2.07. The van der Waals surface area contributed by atoms with Crippen molar-refractivity contribution in [2.24, 2.45) is 0 Å². The minimum absolute atomic E-state index is 0.0970. The molecule has 2 aromatic heterocycles. The lowest BCUT2D eigenvalue weighted by Crippen LogP contribution is -2.15. The summed E-state index contributed by atoms with van der Waals surface area (Å²) in [5, 5.41) is 11.6. The Morgan fingerprint density at radius 2 is 2.07 bits per heavy atom. The number of nitrogens with one attached hydrogen (secondary N) is 2. The number of hydrogen-bond donors (Lipinski definition) is 2. The largest absolute Gasteiger partial charge is 0.462 e. The molecule has 10 heteroatoms. The van der Waals surface area contributed by atoms with Gasteiger partial charge < -0.3 is 19.8 Å². The number of H-pyrrole nitrogens is 1. The van der Waals surface area contributed by atoms with Gasteiger partial charge in [0, 0.05) is 19.3 Å². The van der Waals surface area contributed by atoms with Crippen LogP contribution in [0.5, 0.6) is 0 Å². The maximum absolute atomic E-state index is 12.9. The summed E-state index contributed by atoms with van der Waals surface area (Å²) in [4.78, 5) is 28.0. The van der Waals surface area contributed by atoms with Gasteiger partial charge >= 0.3 is 5.97 Å². The third kappa shape index (κ3) is 5.30. The highest BCUT2D eigenvalue weighted by Crippen LogP contribution is 2.31. The SMILES string of the molecule is CCOC(=O)c1c(C)[nH]c(C(=O)[C@H](C)Sc2nnc(NCCOC)s2)c1C. The van der Waals surface area contributed by atoms with Gasteiger partial charge in [-0.15, -0.1) is 10.2 Å². The fourth-order valence-corrected chi connectivity index (χ4v) is 4.48. The summed E-state index contributed by atoms with van der Waals surface area (Å²) in [7, 11) is 1.63. The molecule has 27 heavy (non-hydrogen) atoms. The second-order valence-electron chi connectivity index (χ2n) is 5.76. The van der Waals surface area contributed by atoms with E-state index in [9.17, 15) is 9.59 Å². The highest BCUT2D eigenvalue weighted by atomic mass is 32.2. The maximum Gasteiger partial charge on any atom is 0.340 e. The highest BCUT2D eigenvalue weighted by molar-refractivity contribution is 8.02. The number of Topliss-reactive ketones (excluding diaryl/α,β-unsaturated/α-hetero) is 1. The molecule has 0 unspecified atom stereocenters. The molecule has 148 valence electrons. The van der Waals surface area contributed by atoms with E-state index in [1.807, 2.05) is 6.92 Å². The lowest BCUT2D eigenvalue weighted by Gasteiger charge is -2.08. The smallest absolute Gasteiger partial charge is 0.340 e. The summed E-state index contributed by atoms with van der Waals surface area (Å²) >= 11 is 2.72. The maximum atomic E-state index is 12.9. The van der Waals surface area contributed by atoms with Gasteiger partial charge in [-0.1, -0.05) is 23.1 Å². The molecule has 8 nitrogen and oxygen atoms in total. The second-order valence-corrected chi connectivity index (χ2v) is 8.33. The second kappa shape index (κ2) is 9.86. The van der Waals surface area contributed by atoms with Crippen LogP contribution in [0.25, 0.3) is 0 Å². The Labute approximate surface area is 166 Å². The molecule has 0 aliphatic carbocycles. The molecule has 0 bridgehead atoms. The van der Waals surface area contributed by atoms with Crippen LogP contribution in [0.1, 0.15) is 46.0 Å². The molecule has 0 aliphatic heterocycles. The molecule has 0 spiro atoms. The molecule has 2 rings (SSSR count). The highest BCUT2D eigenvalue weighted by Gasteiger charge is 2.26. The Kier molecular flexibility index (Phi) is 7.81. The third-order valence-electron chi connectivity index (χ3n) is 3.80. The number of ketones is 1. The number of aromatic nitrogens is 3. The first-order valence-corrected chi connectivity index (χ1v) is 10.2. The Hall–Kier alpha value is -1.91. The molecular weight excluding hydrogens is 388 g/mol. The van der Waals surface area contributed by atoms with Gasteiger partial charge in [0.15, 0.2) is 10.1 Å². The number of rotatable bonds is 10. The molecule has 0 fully saturated rings. The van der Waals surface area contributed by atoms with Crippen LogP contribution in [-0.2, 0) is 9.47 Å².